The Labute approximate surface area is 84.7 Å². The predicted molar refractivity (Wildman–Crippen MR) is 54.3 cm³/mol. The number of rotatable bonds is 1. The lowest BCUT2D eigenvalue weighted by atomic mass is 10.2. The van der Waals surface area contributed by atoms with Crippen molar-refractivity contribution in [2.24, 2.45) is 5.73 Å². The molecular weight excluding hydrogens is 279 g/mol. The van der Waals surface area contributed by atoms with Gasteiger partial charge in [0.15, 0.2) is 0 Å². The Morgan fingerprint density at radius 1 is 1.45 bits per heavy atom. The van der Waals surface area contributed by atoms with Crippen molar-refractivity contribution in [2.45, 2.75) is 6.54 Å². The maximum absolute atomic E-state index is 12.4. The van der Waals surface area contributed by atoms with E-state index in [9.17, 15) is 4.39 Å². The van der Waals surface area contributed by atoms with E-state index < -0.39 is 0 Å². The predicted octanol–water partition coefficient (Wildman–Crippen LogP) is 2.31. The molecule has 1 aromatic rings. The first kappa shape index (κ1) is 11.1. The van der Waals surface area contributed by atoms with E-state index in [1.54, 1.807) is 6.07 Å². The van der Waals surface area contributed by atoms with Crippen molar-refractivity contribution in [3.05, 3.63) is 33.1 Å². The lowest BCUT2D eigenvalue weighted by Gasteiger charge is -1.98. The first-order valence-electron chi connectivity index (χ1n) is 2.88. The number of benzene rings is 1. The van der Waals surface area contributed by atoms with Crippen molar-refractivity contribution in [3.8, 4) is 0 Å². The molecule has 0 saturated heterocycles. The molecule has 4 heteroatoms. The molecule has 0 bridgehead atoms. The van der Waals surface area contributed by atoms with E-state index in [0.717, 1.165) is 9.13 Å². The highest BCUT2D eigenvalue weighted by Gasteiger charge is 1.97. The molecule has 0 atom stereocenters. The van der Waals surface area contributed by atoms with Crippen molar-refractivity contribution in [2.75, 3.05) is 0 Å². The van der Waals surface area contributed by atoms with Gasteiger partial charge in [-0.2, -0.15) is 0 Å². The molecule has 2 N–H and O–H groups in total. The molecule has 0 aliphatic heterocycles. The third kappa shape index (κ3) is 2.92. The molecule has 0 radical (unpaired) electrons. The summed E-state index contributed by atoms with van der Waals surface area (Å²) in [6.07, 6.45) is 0. The highest BCUT2D eigenvalue weighted by molar-refractivity contribution is 14.1. The van der Waals surface area contributed by atoms with Crippen LogP contribution in [0.15, 0.2) is 18.2 Å². The summed E-state index contributed by atoms with van der Waals surface area (Å²) < 4.78 is 13.3. The molecule has 0 amide bonds. The van der Waals surface area contributed by atoms with Crippen LogP contribution in [0.4, 0.5) is 4.39 Å². The molecule has 0 heterocycles. The number of halogens is 3. The Bertz CT molecular complexity index is 242. The summed E-state index contributed by atoms with van der Waals surface area (Å²) in [7, 11) is 0. The number of hydrogen-bond acceptors (Lipinski definition) is 1. The fraction of sp³-hybridized carbons (Fsp3) is 0.143. The van der Waals surface area contributed by atoms with E-state index >= 15 is 0 Å². The van der Waals surface area contributed by atoms with Crippen LogP contribution in [0, 0.1) is 9.39 Å². The average molecular weight is 288 g/mol. The second-order valence-electron chi connectivity index (χ2n) is 1.94. The largest absolute Gasteiger partial charge is 0.326 e. The molecule has 0 aliphatic carbocycles. The summed E-state index contributed by atoms with van der Waals surface area (Å²) in [5, 5.41) is 0. The highest BCUT2D eigenvalue weighted by atomic mass is 127. The van der Waals surface area contributed by atoms with Crippen LogP contribution in [0.5, 0.6) is 0 Å². The summed E-state index contributed by atoms with van der Waals surface area (Å²) in [6.45, 7) is 0.471. The van der Waals surface area contributed by atoms with E-state index in [0.29, 0.717) is 6.54 Å². The van der Waals surface area contributed by atoms with Crippen molar-refractivity contribution in [1.29, 1.82) is 0 Å². The van der Waals surface area contributed by atoms with Crippen LogP contribution in [0.1, 0.15) is 5.56 Å². The van der Waals surface area contributed by atoms with Crippen LogP contribution >= 0.6 is 35.0 Å². The normalized spacial score (nSPS) is 9.00. The molecule has 0 unspecified atom stereocenters. The van der Waals surface area contributed by atoms with Crippen LogP contribution in [0.25, 0.3) is 0 Å². The van der Waals surface area contributed by atoms with Gasteiger partial charge in [0, 0.05) is 10.1 Å². The van der Waals surface area contributed by atoms with Gasteiger partial charge in [-0.15, -0.1) is 12.4 Å². The van der Waals surface area contributed by atoms with E-state index in [1.165, 1.54) is 12.1 Å². The maximum Gasteiger partial charge on any atom is 0.124 e. The fourth-order valence-corrected chi connectivity index (χ4v) is 1.38. The Morgan fingerprint density at radius 2 is 2.09 bits per heavy atom. The van der Waals surface area contributed by atoms with Crippen molar-refractivity contribution < 1.29 is 4.39 Å². The van der Waals surface area contributed by atoms with E-state index in [-0.39, 0.29) is 18.2 Å². The first-order valence-corrected chi connectivity index (χ1v) is 3.96. The highest BCUT2D eigenvalue weighted by Crippen LogP contribution is 2.12. The smallest absolute Gasteiger partial charge is 0.124 e. The molecule has 1 aromatic carbocycles. The van der Waals surface area contributed by atoms with Crippen molar-refractivity contribution in [3.63, 3.8) is 0 Å². The minimum absolute atomic E-state index is 0. The second-order valence-corrected chi connectivity index (χ2v) is 3.10. The fourth-order valence-electron chi connectivity index (χ4n) is 0.687. The van der Waals surface area contributed by atoms with Crippen LogP contribution in [-0.2, 0) is 6.54 Å². The summed E-state index contributed by atoms with van der Waals surface area (Å²) >= 11 is 2.07. The molecular formula is C7H8ClFIN. The quantitative estimate of drug-likeness (QED) is 0.788. The van der Waals surface area contributed by atoms with Gasteiger partial charge in [0.2, 0.25) is 0 Å². The van der Waals surface area contributed by atoms with Gasteiger partial charge in [-0.05, 0) is 40.3 Å². The molecule has 1 nitrogen and oxygen atoms in total. The zero-order chi connectivity index (χ0) is 7.56. The first-order chi connectivity index (χ1) is 4.74. The summed E-state index contributed by atoms with van der Waals surface area (Å²) in [5.41, 5.74) is 6.36. The van der Waals surface area contributed by atoms with E-state index in [1.807, 2.05) is 0 Å². The molecule has 0 fully saturated rings. The Hall–Kier alpha value is 0.130. The van der Waals surface area contributed by atoms with Crippen LogP contribution in [0.3, 0.4) is 0 Å². The zero-order valence-corrected chi connectivity index (χ0v) is 8.65. The Morgan fingerprint density at radius 3 is 2.55 bits per heavy atom. The number of nitrogens with two attached hydrogens (primary N) is 1. The molecule has 0 aliphatic rings. The molecule has 11 heavy (non-hydrogen) atoms. The summed E-state index contributed by atoms with van der Waals surface area (Å²) in [4.78, 5) is 0. The van der Waals surface area contributed by atoms with Gasteiger partial charge in [0.05, 0.1) is 0 Å². The van der Waals surface area contributed by atoms with Gasteiger partial charge in [-0.1, -0.05) is 6.07 Å². The maximum atomic E-state index is 12.4. The standard InChI is InChI=1S/C7H7FIN.ClH/c8-6-2-1-5(4-10)7(9)3-6;/h1-3H,4,10H2;1H. The summed E-state index contributed by atoms with van der Waals surface area (Å²) in [5.74, 6) is -0.207. The minimum atomic E-state index is -0.207. The van der Waals surface area contributed by atoms with Crippen LogP contribution < -0.4 is 5.73 Å². The lowest BCUT2D eigenvalue weighted by molar-refractivity contribution is 0.626. The molecule has 0 spiro atoms. The third-order valence-corrected chi connectivity index (χ3v) is 2.24. The monoisotopic (exact) mass is 287 g/mol. The molecule has 0 saturated carbocycles. The Kier molecular flexibility index (Phi) is 4.96. The van der Waals surface area contributed by atoms with Gasteiger partial charge < -0.3 is 5.73 Å². The molecule has 0 aromatic heterocycles. The van der Waals surface area contributed by atoms with Gasteiger partial charge >= 0.3 is 0 Å². The zero-order valence-electron chi connectivity index (χ0n) is 5.68. The molecule has 62 valence electrons. The van der Waals surface area contributed by atoms with E-state index in [2.05, 4.69) is 22.6 Å². The minimum Gasteiger partial charge on any atom is -0.326 e. The van der Waals surface area contributed by atoms with Crippen LogP contribution in [0.2, 0.25) is 0 Å². The Balaban J connectivity index is 0.000001000. The summed E-state index contributed by atoms with van der Waals surface area (Å²) in [6, 6.07) is 4.60. The van der Waals surface area contributed by atoms with Gasteiger partial charge in [-0.25, -0.2) is 4.39 Å². The van der Waals surface area contributed by atoms with Gasteiger partial charge in [-0.3, -0.25) is 0 Å². The van der Waals surface area contributed by atoms with Crippen molar-refractivity contribution >= 4 is 35.0 Å². The SMILES string of the molecule is Cl.NCc1ccc(F)cc1I. The lowest BCUT2D eigenvalue weighted by Crippen LogP contribution is -1.98. The van der Waals surface area contributed by atoms with Gasteiger partial charge in [0.25, 0.3) is 0 Å². The molecule has 1 rings (SSSR count). The number of hydrogen-bond donors (Lipinski definition) is 1. The van der Waals surface area contributed by atoms with Crippen LogP contribution in [-0.4, -0.2) is 0 Å². The van der Waals surface area contributed by atoms with Crippen molar-refractivity contribution in [1.82, 2.24) is 0 Å². The second kappa shape index (κ2) is 4.90. The average Bonchev–Trinajstić information content (AvgIpc) is 1.88. The third-order valence-electron chi connectivity index (χ3n) is 1.24. The van der Waals surface area contributed by atoms with E-state index in [4.69, 9.17) is 5.73 Å². The topological polar surface area (TPSA) is 26.0 Å². The van der Waals surface area contributed by atoms with Gasteiger partial charge in [0.1, 0.15) is 5.82 Å².